The molecule has 2 rings (SSSR count). The SMILES string of the molecule is CCc1cc(Cl)cc(CC2CCNC2)c1O. The van der Waals surface area contributed by atoms with E-state index < -0.39 is 0 Å². The average molecular weight is 240 g/mol. The molecule has 1 fully saturated rings. The molecule has 16 heavy (non-hydrogen) atoms. The van der Waals surface area contributed by atoms with Crippen molar-refractivity contribution in [3.63, 3.8) is 0 Å². The second kappa shape index (κ2) is 5.07. The Morgan fingerprint density at radius 3 is 2.81 bits per heavy atom. The van der Waals surface area contributed by atoms with Gasteiger partial charge in [0.05, 0.1) is 0 Å². The molecule has 2 N–H and O–H groups in total. The van der Waals surface area contributed by atoms with E-state index in [1.807, 2.05) is 19.1 Å². The van der Waals surface area contributed by atoms with Gasteiger partial charge in [-0.05, 0) is 61.5 Å². The Labute approximate surface area is 102 Å². The molecule has 1 heterocycles. The fourth-order valence-corrected chi connectivity index (χ4v) is 2.61. The van der Waals surface area contributed by atoms with Crippen LogP contribution < -0.4 is 5.32 Å². The highest BCUT2D eigenvalue weighted by Crippen LogP contribution is 2.30. The van der Waals surface area contributed by atoms with Crippen LogP contribution in [0, 0.1) is 5.92 Å². The molecular weight excluding hydrogens is 222 g/mol. The van der Waals surface area contributed by atoms with Crippen LogP contribution in [0.3, 0.4) is 0 Å². The number of phenolic OH excluding ortho intramolecular Hbond substituents is 1. The van der Waals surface area contributed by atoms with E-state index >= 15 is 0 Å². The van der Waals surface area contributed by atoms with Crippen molar-refractivity contribution in [3.8, 4) is 5.75 Å². The monoisotopic (exact) mass is 239 g/mol. The van der Waals surface area contributed by atoms with Crippen molar-refractivity contribution in [3.05, 3.63) is 28.3 Å². The molecule has 0 bridgehead atoms. The molecule has 1 aromatic rings. The topological polar surface area (TPSA) is 32.3 Å². The van der Waals surface area contributed by atoms with E-state index in [4.69, 9.17) is 11.6 Å². The second-order valence-electron chi connectivity index (χ2n) is 4.49. The van der Waals surface area contributed by atoms with Crippen LogP contribution in [0.15, 0.2) is 12.1 Å². The Morgan fingerprint density at radius 2 is 2.19 bits per heavy atom. The number of hydrogen-bond acceptors (Lipinski definition) is 2. The van der Waals surface area contributed by atoms with Gasteiger partial charge in [0.15, 0.2) is 0 Å². The van der Waals surface area contributed by atoms with Gasteiger partial charge in [0.25, 0.3) is 0 Å². The van der Waals surface area contributed by atoms with Gasteiger partial charge in [-0.15, -0.1) is 0 Å². The number of hydrogen-bond donors (Lipinski definition) is 2. The van der Waals surface area contributed by atoms with Crippen LogP contribution in [0.1, 0.15) is 24.5 Å². The zero-order valence-corrected chi connectivity index (χ0v) is 10.3. The summed E-state index contributed by atoms with van der Waals surface area (Å²) in [5.41, 5.74) is 1.95. The Bertz CT molecular complexity index is 372. The highest BCUT2D eigenvalue weighted by molar-refractivity contribution is 6.30. The van der Waals surface area contributed by atoms with Gasteiger partial charge in [0.2, 0.25) is 0 Å². The molecule has 0 radical (unpaired) electrons. The molecule has 1 unspecified atom stereocenters. The first-order valence-electron chi connectivity index (χ1n) is 5.91. The molecule has 0 spiro atoms. The molecule has 0 aromatic heterocycles. The summed E-state index contributed by atoms with van der Waals surface area (Å²) in [4.78, 5) is 0. The predicted octanol–water partition coefficient (Wildman–Crippen LogP) is 2.76. The summed E-state index contributed by atoms with van der Waals surface area (Å²) >= 11 is 6.06. The molecule has 1 saturated heterocycles. The minimum absolute atomic E-state index is 0.443. The van der Waals surface area contributed by atoms with Crippen LogP contribution in [0.25, 0.3) is 0 Å². The van der Waals surface area contributed by atoms with Crippen molar-refractivity contribution in [1.29, 1.82) is 0 Å². The third kappa shape index (κ3) is 2.50. The normalized spacial score (nSPS) is 20.2. The number of benzene rings is 1. The lowest BCUT2D eigenvalue weighted by molar-refractivity contribution is 0.453. The molecule has 3 heteroatoms. The summed E-state index contributed by atoms with van der Waals surface area (Å²) in [6, 6.07) is 3.75. The minimum Gasteiger partial charge on any atom is -0.507 e. The Morgan fingerprint density at radius 1 is 1.44 bits per heavy atom. The van der Waals surface area contributed by atoms with Gasteiger partial charge in [-0.3, -0.25) is 0 Å². The number of nitrogens with one attached hydrogen (secondary N) is 1. The lowest BCUT2D eigenvalue weighted by atomic mass is 9.96. The number of phenols is 1. The molecule has 0 amide bonds. The lowest BCUT2D eigenvalue weighted by Gasteiger charge is -2.13. The Hall–Kier alpha value is -0.730. The summed E-state index contributed by atoms with van der Waals surface area (Å²) in [5.74, 6) is 1.08. The lowest BCUT2D eigenvalue weighted by Crippen LogP contribution is -2.11. The van der Waals surface area contributed by atoms with Crippen LogP contribution in [-0.2, 0) is 12.8 Å². The maximum Gasteiger partial charge on any atom is 0.122 e. The fraction of sp³-hybridized carbons (Fsp3) is 0.538. The highest BCUT2D eigenvalue weighted by Gasteiger charge is 2.18. The Kier molecular flexibility index (Phi) is 3.72. The smallest absolute Gasteiger partial charge is 0.122 e. The standard InChI is InChI=1S/C13H18ClNO/c1-2-10-6-12(14)7-11(13(10)16)5-9-3-4-15-8-9/h6-7,9,15-16H,2-5,8H2,1H3. The Balaban J connectivity index is 2.21. The average Bonchev–Trinajstić information content (AvgIpc) is 2.75. The van der Waals surface area contributed by atoms with E-state index in [1.165, 1.54) is 6.42 Å². The summed E-state index contributed by atoms with van der Waals surface area (Å²) in [6.45, 7) is 4.17. The van der Waals surface area contributed by atoms with Gasteiger partial charge in [-0.1, -0.05) is 18.5 Å². The molecule has 1 atom stereocenters. The molecule has 0 saturated carbocycles. The largest absolute Gasteiger partial charge is 0.507 e. The third-order valence-electron chi connectivity index (χ3n) is 3.28. The van der Waals surface area contributed by atoms with Crippen molar-refractivity contribution in [1.82, 2.24) is 5.32 Å². The van der Waals surface area contributed by atoms with Crippen molar-refractivity contribution >= 4 is 11.6 Å². The molecule has 88 valence electrons. The number of halogens is 1. The van der Waals surface area contributed by atoms with E-state index in [0.717, 1.165) is 42.1 Å². The van der Waals surface area contributed by atoms with Gasteiger partial charge in [0, 0.05) is 5.02 Å². The van der Waals surface area contributed by atoms with Crippen molar-refractivity contribution in [2.45, 2.75) is 26.2 Å². The van der Waals surface area contributed by atoms with E-state index in [1.54, 1.807) is 0 Å². The van der Waals surface area contributed by atoms with Crippen LogP contribution in [0.4, 0.5) is 0 Å². The van der Waals surface area contributed by atoms with Crippen molar-refractivity contribution in [2.75, 3.05) is 13.1 Å². The quantitative estimate of drug-likeness (QED) is 0.850. The van der Waals surface area contributed by atoms with Gasteiger partial charge >= 0.3 is 0 Å². The van der Waals surface area contributed by atoms with E-state index in [0.29, 0.717) is 11.7 Å². The fourth-order valence-electron chi connectivity index (χ4n) is 2.34. The molecule has 1 aromatic carbocycles. The molecule has 1 aliphatic rings. The zero-order chi connectivity index (χ0) is 11.5. The third-order valence-corrected chi connectivity index (χ3v) is 3.50. The summed E-state index contributed by atoms with van der Waals surface area (Å²) in [5, 5.41) is 14.2. The zero-order valence-electron chi connectivity index (χ0n) is 9.59. The predicted molar refractivity (Wildman–Crippen MR) is 67.2 cm³/mol. The maximum atomic E-state index is 10.1. The van der Waals surface area contributed by atoms with Gasteiger partial charge in [-0.2, -0.15) is 0 Å². The van der Waals surface area contributed by atoms with Crippen LogP contribution >= 0.6 is 11.6 Å². The van der Waals surface area contributed by atoms with E-state index in [-0.39, 0.29) is 0 Å². The molecule has 2 nitrogen and oxygen atoms in total. The number of aryl methyl sites for hydroxylation is 1. The molecular formula is C13H18ClNO. The van der Waals surface area contributed by atoms with E-state index in [9.17, 15) is 5.11 Å². The van der Waals surface area contributed by atoms with Gasteiger partial charge < -0.3 is 10.4 Å². The summed E-state index contributed by atoms with van der Waals surface area (Å²) in [6.07, 6.45) is 2.93. The van der Waals surface area contributed by atoms with E-state index in [2.05, 4.69) is 5.32 Å². The van der Waals surface area contributed by atoms with Crippen LogP contribution in [0.5, 0.6) is 5.75 Å². The first kappa shape index (κ1) is 11.7. The van der Waals surface area contributed by atoms with Gasteiger partial charge in [0.1, 0.15) is 5.75 Å². The van der Waals surface area contributed by atoms with Crippen molar-refractivity contribution < 1.29 is 5.11 Å². The van der Waals surface area contributed by atoms with Crippen LogP contribution in [0.2, 0.25) is 5.02 Å². The number of rotatable bonds is 3. The second-order valence-corrected chi connectivity index (χ2v) is 4.93. The number of aromatic hydroxyl groups is 1. The van der Waals surface area contributed by atoms with Gasteiger partial charge in [-0.25, -0.2) is 0 Å². The first-order valence-corrected chi connectivity index (χ1v) is 6.29. The maximum absolute atomic E-state index is 10.1. The van der Waals surface area contributed by atoms with Crippen molar-refractivity contribution in [2.24, 2.45) is 5.92 Å². The summed E-state index contributed by atoms with van der Waals surface area (Å²) in [7, 11) is 0. The summed E-state index contributed by atoms with van der Waals surface area (Å²) < 4.78 is 0. The van der Waals surface area contributed by atoms with Crippen LogP contribution in [-0.4, -0.2) is 18.2 Å². The molecule has 1 aliphatic heterocycles. The highest BCUT2D eigenvalue weighted by atomic mass is 35.5. The first-order chi connectivity index (χ1) is 7.70. The minimum atomic E-state index is 0.443. The molecule has 0 aliphatic carbocycles.